The van der Waals surface area contributed by atoms with Gasteiger partial charge in [0.2, 0.25) is 0 Å². The Morgan fingerprint density at radius 2 is 1.76 bits per heavy atom. The molecule has 2 aromatic carbocycles. The Morgan fingerprint density at radius 1 is 1.00 bits per heavy atom. The molecule has 0 aliphatic heterocycles. The highest BCUT2D eigenvalue weighted by Crippen LogP contribution is 2.14. The van der Waals surface area contributed by atoms with Gasteiger partial charge in [0.05, 0.1) is 0 Å². The van der Waals surface area contributed by atoms with Gasteiger partial charge in [0.25, 0.3) is 5.91 Å². The van der Waals surface area contributed by atoms with Crippen molar-refractivity contribution in [2.24, 2.45) is 0 Å². The molecule has 0 aliphatic carbocycles. The molecular weight excluding hydrogens is 266 g/mol. The summed E-state index contributed by atoms with van der Waals surface area (Å²) in [6.07, 6.45) is 1.42. The fraction of sp³-hybridized carbons (Fsp3) is 0.176. The highest BCUT2D eigenvalue weighted by Gasteiger charge is 2.05. The number of hydrogen-bond acceptors (Lipinski definition) is 2. The molecule has 0 unspecified atom stereocenters. The number of carboxylic acid groups (broad SMARTS) is 1. The standard InChI is InChI=1S/C17H17NO3/c19-16(20)11-5-7-13-6-4-10-15(12-13)18-17(21)14-8-2-1-3-9-14/h1-4,6,8-10,12H,5,7,11H2,(H,18,21)(H,19,20). The van der Waals surface area contributed by atoms with Crippen molar-refractivity contribution in [1.82, 2.24) is 0 Å². The minimum Gasteiger partial charge on any atom is -0.481 e. The monoisotopic (exact) mass is 283 g/mol. The van der Waals surface area contributed by atoms with Crippen molar-refractivity contribution in [1.29, 1.82) is 0 Å². The van der Waals surface area contributed by atoms with E-state index in [0.29, 0.717) is 18.4 Å². The quantitative estimate of drug-likeness (QED) is 0.854. The second-order valence-electron chi connectivity index (χ2n) is 4.77. The van der Waals surface area contributed by atoms with E-state index in [1.165, 1.54) is 0 Å². The number of benzene rings is 2. The number of carbonyl (C=O) groups excluding carboxylic acids is 1. The number of hydrogen-bond donors (Lipinski definition) is 2. The van der Waals surface area contributed by atoms with Gasteiger partial charge in [-0.1, -0.05) is 30.3 Å². The van der Waals surface area contributed by atoms with Crippen LogP contribution in [0.5, 0.6) is 0 Å². The molecule has 1 amide bonds. The van der Waals surface area contributed by atoms with E-state index >= 15 is 0 Å². The summed E-state index contributed by atoms with van der Waals surface area (Å²) in [5.74, 6) is -0.943. The molecule has 0 heterocycles. The van der Waals surface area contributed by atoms with Crippen LogP contribution in [0.1, 0.15) is 28.8 Å². The molecule has 0 atom stereocenters. The van der Waals surface area contributed by atoms with Crippen molar-refractivity contribution in [2.45, 2.75) is 19.3 Å². The molecule has 4 nitrogen and oxygen atoms in total. The summed E-state index contributed by atoms with van der Waals surface area (Å²) in [5, 5.41) is 11.5. The van der Waals surface area contributed by atoms with Crippen LogP contribution in [0.3, 0.4) is 0 Å². The second-order valence-corrected chi connectivity index (χ2v) is 4.77. The van der Waals surface area contributed by atoms with E-state index in [2.05, 4.69) is 5.32 Å². The zero-order chi connectivity index (χ0) is 15.1. The van der Waals surface area contributed by atoms with Gasteiger partial charge in [-0.05, 0) is 42.7 Å². The summed E-state index contributed by atoms with van der Waals surface area (Å²) in [5.41, 5.74) is 2.34. The highest BCUT2D eigenvalue weighted by atomic mass is 16.4. The van der Waals surface area contributed by atoms with Crippen LogP contribution in [-0.2, 0) is 11.2 Å². The topological polar surface area (TPSA) is 66.4 Å². The fourth-order valence-electron chi connectivity index (χ4n) is 2.04. The molecule has 0 fully saturated rings. The molecule has 0 radical (unpaired) electrons. The molecule has 2 rings (SSSR count). The van der Waals surface area contributed by atoms with Crippen LogP contribution in [0.25, 0.3) is 0 Å². The number of aryl methyl sites for hydroxylation is 1. The fourth-order valence-corrected chi connectivity index (χ4v) is 2.04. The number of nitrogens with one attached hydrogen (secondary N) is 1. The molecular formula is C17H17NO3. The van der Waals surface area contributed by atoms with Crippen LogP contribution >= 0.6 is 0 Å². The maximum absolute atomic E-state index is 12.0. The Bertz CT molecular complexity index is 623. The van der Waals surface area contributed by atoms with E-state index in [4.69, 9.17) is 5.11 Å². The van der Waals surface area contributed by atoms with Gasteiger partial charge in [-0.2, -0.15) is 0 Å². The van der Waals surface area contributed by atoms with Crippen LogP contribution in [0.2, 0.25) is 0 Å². The number of carboxylic acids is 1. The molecule has 0 bridgehead atoms. The molecule has 0 saturated carbocycles. The third-order valence-corrected chi connectivity index (χ3v) is 3.08. The normalized spacial score (nSPS) is 10.1. The Morgan fingerprint density at radius 3 is 2.48 bits per heavy atom. The van der Waals surface area contributed by atoms with Crippen molar-refractivity contribution in [3.8, 4) is 0 Å². The largest absolute Gasteiger partial charge is 0.481 e. The summed E-state index contributed by atoms with van der Waals surface area (Å²) < 4.78 is 0. The molecule has 4 heteroatoms. The Hall–Kier alpha value is -2.62. The van der Waals surface area contributed by atoms with Gasteiger partial charge in [-0.15, -0.1) is 0 Å². The van der Waals surface area contributed by atoms with Crippen molar-refractivity contribution in [3.05, 3.63) is 65.7 Å². The first-order valence-corrected chi connectivity index (χ1v) is 6.82. The molecule has 0 spiro atoms. The van der Waals surface area contributed by atoms with E-state index in [1.807, 2.05) is 42.5 Å². The van der Waals surface area contributed by atoms with Gasteiger partial charge < -0.3 is 10.4 Å². The summed E-state index contributed by atoms with van der Waals surface area (Å²) in [6, 6.07) is 16.5. The van der Waals surface area contributed by atoms with E-state index in [-0.39, 0.29) is 12.3 Å². The summed E-state index contributed by atoms with van der Waals surface area (Å²) in [6.45, 7) is 0. The SMILES string of the molecule is O=C(O)CCCc1cccc(NC(=O)c2ccccc2)c1. The third kappa shape index (κ3) is 4.76. The molecule has 21 heavy (non-hydrogen) atoms. The molecule has 108 valence electrons. The maximum Gasteiger partial charge on any atom is 0.303 e. The van der Waals surface area contributed by atoms with Crippen LogP contribution < -0.4 is 5.32 Å². The van der Waals surface area contributed by atoms with E-state index < -0.39 is 5.97 Å². The summed E-state index contributed by atoms with van der Waals surface area (Å²) in [7, 11) is 0. The number of anilines is 1. The lowest BCUT2D eigenvalue weighted by atomic mass is 10.1. The molecule has 2 aromatic rings. The highest BCUT2D eigenvalue weighted by molar-refractivity contribution is 6.04. The maximum atomic E-state index is 12.0. The van der Waals surface area contributed by atoms with E-state index in [0.717, 1.165) is 11.3 Å². The first kappa shape index (κ1) is 14.8. The van der Waals surface area contributed by atoms with Gasteiger partial charge in [0.1, 0.15) is 0 Å². The first-order chi connectivity index (χ1) is 10.1. The van der Waals surface area contributed by atoms with Crippen molar-refractivity contribution < 1.29 is 14.7 Å². The van der Waals surface area contributed by atoms with Gasteiger partial charge >= 0.3 is 5.97 Å². The van der Waals surface area contributed by atoms with Gasteiger partial charge in [0.15, 0.2) is 0 Å². The zero-order valence-electron chi connectivity index (χ0n) is 11.6. The Kier molecular flexibility index (Phi) is 5.10. The van der Waals surface area contributed by atoms with Crippen LogP contribution in [0, 0.1) is 0 Å². The van der Waals surface area contributed by atoms with Crippen LogP contribution in [0.4, 0.5) is 5.69 Å². The summed E-state index contributed by atoms with van der Waals surface area (Å²) in [4.78, 5) is 22.5. The number of carbonyl (C=O) groups is 2. The minimum absolute atomic E-state index is 0.153. The second kappa shape index (κ2) is 7.24. The molecule has 0 aliphatic rings. The summed E-state index contributed by atoms with van der Waals surface area (Å²) >= 11 is 0. The number of amides is 1. The van der Waals surface area contributed by atoms with E-state index in [9.17, 15) is 9.59 Å². The zero-order valence-corrected chi connectivity index (χ0v) is 11.6. The first-order valence-electron chi connectivity index (χ1n) is 6.82. The number of rotatable bonds is 6. The molecule has 2 N–H and O–H groups in total. The third-order valence-electron chi connectivity index (χ3n) is 3.08. The lowest BCUT2D eigenvalue weighted by Gasteiger charge is -2.07. The Labute approximate surface area is 123 Å². The molecule has 0 saturated heterocycles. The van der Waals surface area contributed by atoms with Crippen molar-refractivity contribution in [2.75, 3.05) is 5.32 Å². The minimum atomic E-state index is -0.788. The van der Waals surface area contributed by atoms with Gasteiger partial charge in [-0.3, -0.25) is 9.59 Å². The smallest absolute Gasteiger partial charge is 0.303 e. The predicted octanol–water partition coefficient (Wildman–Crippen LogP) is 3.35. The van der Waals surface area contributed by atoms with Crippen LogP contribution in [-0.4, -0.2) is 17.0 Å². The van der Waals surface area contributed by atoms with Crippen LogP contribution in [0.15, 0.2) is 54.6 Å². The van der Waals surface area contributed by atoms with Crippen molar-refractivity contribution in [3.63, 3.8) is 0 Å². The predicted molar refractivity (Wildman–Crippen MR) is 81.4 cm³/mol. The average molecular weight is 283 g/mol. The van der Waals surface area contributed by atoms with Gasteiger partial charge in [-0.25, -0.2) is 0 Å². The molecule has 0 aromatic heterocycles. The number of aliphatic carboxylic acids is 1. The van der Waals surface area contributed by atoms with E-state index in [1.54, 1.807) is 12.1 Å². The lowest BCUT2D eigenvalue weighted by Crippen LogP contribution is -2.11. The average Bonchev–Trinajstić information content (AvgIpc) is 2.48. The lowest BCUT2D eigenvalue weighted by molar-refractivity contribution is -0.137. The van der Waals surface area contributed by atoms with Crippen molar-refractivity contribution >= 4 is 17.6 Å². The van der Waals surface area contributed by atoms with Gasteiger partial charge in [0, 0.05) is 17.7 Å². The Balaban J connectivity index is 1.97.